The topological polar surface area (TPSA) is 12.0 Å². The van der Waals surface area contributed by atoms with Gasteiger partial charge in [0.2, 0.25) is 0 Å². The van der Waals surface area contributed by atoms with Gasteiger partial charge in [0, 0.05) is 6.04 Å². The van der Waals surface area contributed by atoms with Crippen LogP contribution in [0, 0.1) is 5.92 Å². The van der Waals surface area contributed by atoms with E-state index in [1.165, 1.54) is 75.8 Å². The van der Waals surface area contributed by atoms with Gasteiger partial charge in [0.15, 0.2) is 0 Å². The van der Waals surface area contributed by atoms with E-state index in [4.69, 9.17) is 0 Å². The Morgan fingerprint density at radius 2 is 1.83 bits per heavy atom. The maximum atomic E-state index is 3.80. The van der Waals surface area contributed by atoms with Crippen LogP contribution in [-0.2, 0) is 0 Å². The second-order valence-corrected chi connectivity index (χ2v) is 6.89. The Labute approximate surface area is 119 Å². The van der Waals surface area contributed by atoms with E-state index in [1.807, 2.05) is 0 Å². The van der Waals surface area contributed by atoms with Crippen LogP contribution in [0.2, 0.25) is 0 Å². The van der Waals surface area contributed by atoms with Gasteiger partial charge in [-0.3, -0.25) is 0 Å². The van der Waals surface area contributed by atoms with Gasteiger partial charge in [-0.05, 0) is 43.2 Å². The second-order valence-electron chi connectivity index (χ2n) is 5.74. The lowest BCUT2D eigenvalue weighted by Gasteiger charge is -2.24. The molecule has 0 radical (unpaired) electrons. The van der Waals surface area contributed by atoms with E-state index in [0.717, 1.165) is 12.0 Å². The fraction of sp³-hybridized carbons (Fsp3) is 1.00. The zero-order valence-electron chi connectivity index (χ0n) is 12.5. The predicted octanol–water partition coefficient (Wildman–Crippen LogP) is 4.86. The molecule has 1 saturated heterocycles. The first kappa shape index (κ1) is 16.4. The third-order valence-corrected chi connectivity index (χ3v) is 5.25. The van der Waals surface area contributed by atoms with E-state index in [-0.39, 0.29) is 0 Å². The van der Waals surface area contributed by atoms with Gasteiger partial charge in [0.05, 0.1) is 0 Å². The van der Waals surface area contributed by atoms with Crippen LogP contribution in [0.25, 0.3) is 0 Å². The van der Waals surface area contributed by atoms with Crippen LogP contribution in [-0.4, -0.2) is 24.1 Å². The van der Waals surface area contributed by atoms with Gasteiger partial charge in [-0.15, -0.1) is 0 Å². The standard InChI is InChI=1S/C16H33NS/c1-3-5-6-7-8-9-10-16(17-12-4-2)15-11-13-18-14-15/h15-17H,3-14H2,1-2H3. The highest BCUT2D eigenvalue weighted by molar-refractivity contribution is 7.99. The number of nitrogens with one attached hydrogen (secondary N) is 1. The predicted molar refractivity (Wildman–Crippen MR) is 85.5 cm³/mol. The van der Waals surface area contributed by atoms with E-state index in [0.29, 0.717) is 0 Å². The van der Waals surface area contributed by atoms with Crippen molar-refractivity contribution in [2.75, 3.05) is 18.1 Å². The molecule has 108 valence electrons. The van der Waals surface area contributed by atoms with E-state index < -0.39 is 0 Å². The lowest BCUT2D eigenvalue weighted by molar-refractivity contribution is 0.350. The molecule has 18 heavy (non-hydrogen) atoms. The molecule has 1 heterocycles. The summed E-state index contributed by atoms with van der Waals surface area (Å²) in [7, 11) is 0. The van der Waals surface area contributed by atoms with Crippen molar-refractivity contribution in [3.05, 3.63) is 0 Å². The average Bonchev–Trinajstić information content (AvgIpc) is 2.91. The quantitative estimate of drug-likeness (QED) is 0.539. The molecule has 0 aliphatic carbocycles. The van der Waals surface area contributed by atoms with Crippen molar-refractivity contribution >= 4 is 11.8 Å². The minimum absolute atomic E-state index is 0.811. The number of hydrogen-bond donors (Lipinski definition) is 1. The van der Waals surface area contributed by atoms with Gasteiger partial charge in [-0.1, -0.05) is 52.4 Å². The number of hydrogen-bond acceptors (Lipinski definition) is 2. The summed E-state index contributed by atoms with van der Waals surface area (Å²) in [6, 6.07) is 0.811. The van der Waals surface area contributed by atoms with Crippen molar-refractivity contribution in [3.8, 4) is 0 Å². The largest absolute Gasteiger partial charge is 0.314 e. The maximum Gasteiger partial charge on any atom is 0.0103 e. The molecule has 0 aromatic rings. The molecule has 1 aliphatic heterocycles. The van der Waals surface area contributed by atoms with E-state index >= 15 is 0 Å². The summed E-state index contributed by atoms with van der Waals surface area (Å²) in [5.74, 6) is 3.75. The van der Waals surface area contributed by atoms with Crippen molar-refractivity contribution in [3.63, 3.8) is 0 Å². The summed E-state index contributed by atoms with van der Waals surface area (Å²) in [6.45, 7) is 5.78. The van der Waals surface area contributed by atoms with Gasteiger partial charge in [-0.2, -0.15) is 11.8 Å². The molecule has 1 N–H and O–H groups in total. The minimum Gasteiger partial charge on any atom is -0.314 e. The molecule has 0 aromatic heterocycles. The molecule has 1 rings (SSSR count). The summed E-state index contributed by atoms with van der Waals surface area (Å²) in [5.41, 5.74) is 0. The van der Waals surface area contributed by atoms with Crippen LogP contribution in [0.1, 0.15) is 71.6 Å². The van der Waals surface area contributed by atoms with Crippen molar-refractivity contribution in [1.82, 2.24) is 5.32 Å². The molecule has 0 amide bonds. The smallest absolute Gasteiger partial charge is 0.0103 e. The molecule has 0 saturated carbocycles. The van der Waals surface area contributed by atoms with Crippen LogP contribution < -0.4 is 5.32 Å². The highest BCUT2D eigenvalue weighted by atomic mass is 32.2. The van der Waals surface area contributed by atoms with Crippen LogP contribution >= 0.6 is 11.8 Å². The van der Waals surface area contributed by atoms with E-state index in [9.17, 15) is 0 Å². The van der Waals surface area contributed by atoms with Crippen LogP contribution in [0.15, 0.2) is 0 Å². The average molecular weight is 272 g/mol. The molecule has 2 atom stereocenters. The van der Waals surface area contributed by atoms with Gasteiger partial charge in [-0.25, -0.2) is 0 Å². The highest BCUT2D eigenvalue weighted by Crippen LogP contribution is 2.28. The maximum absolute atomic E-state index is 3.80. The Morgan fingerprint density at radius 3 is 2.50 bits per heavy atom. The molecular formula is C16H33NS. The van der Waals surface area contributed by atoms with Gasteiger partial charge >= 0.3 is 0 Å². The fourth-order valence-corrected chi connectivity index (χ4v) is 4.19. The monoisotopic (exact) mass is 271 g/mol. The third-order valence-electron chi connectivity index (χ3n) is 4.06. The Hall–Kier alpha value is 0.310. The molecule has 2 heteroatoms. The summed E-state index contributed by atoms with van der Waals surface area (Å²) in [6.07, 6.45) is 12.7. The number of rotatable bonds is 11. The number of unbranched alkanes of at least 4 members (excludes halogenated alkanes) is 5. The zero-order valence-corrected chi connectivity index (χ0v) is 13.4. The molecule has 1 nitrogen and oxygen atoms in total. The van der Waals surface area contributed by atoms with Crippen molar-refractivity contribution < 1.29 is 0 Å². The second kappa shape index (κ2) is 11.2. The Bertz CT molecular complexity index is 178. The van der Waals surface area contributed by atoms with E-state index in [2.05, 4.69) is 30.9 Å². The summed E-state index contributed by atoms with van der Waals surface area (Å²) < 4.78 is 0. The Morgan fingerprint density at radius 1 is 1.06 bits per heavy atom. The van der Waals surface area contributed by atoms with Gasteiger partial charge in [0.1, 0.15) is 0 Å². The van der Waals surface area contributed by atoms with Crippen LogP contribution in [0.5, 0.6) is 0 Å². The molecular weight excluding hydrogens is 238 g/mol. The lowest BCUT2D eigenvalue weighted by Crippen LogP contribution is -2.36. The highest BCUT2D eigenvalue weighted by Gasteiger charge is 2.24. The lowest BCUT2D eigenvalue weighted by atomic mass is 9.93. The fourth-order valence-electron chi connectivity index (χ4n) is 2.85. The first-order valence-corrected chi connectivity index (χ1v) is 9.35. The summed E-state index contributed by atoms with van der Waals surface area (Å²) in [5, 5.41) is 3.80. The zero-order chi connectivity index (χ0) is 13.1. The van der Waals surface area contributed by atoms with Crippen molar-refractivity contribution in [2.45, 2.75) is 77.7 Å². The van der Waals surface area contributed by atoms with Gasteiger partial charge in [0.25, 0.3) is 0 Å². The Kier molecular flexibility index (Phi) is 10.1. The van der Waals surface area contributed by atoms with Crippen LogP contribution in [0.3, 0.4) is 0 Å². The number of thioether (sulfide) groups is 1. The minimum atomic E-state index is 0.811. The molecule has 1 aliphatic rings. The summed E-state index contributed by atoms with van der Waals surface area (Å²) >= 11 is 2.15. The van der Waals surface area contributed by atoms with Gasteiger partial charge < -0.3 is 5.32 Å². The van der Waals surface area contributed by atoms with E-state index in [1.54, 1.807) is 0 Å². The SMILES string of the molecule is CCCCCCCCC(NCCC)C1CCSC1. The van der Waals surface area contributed by atoms with Crippen molar-refractivity contribution in [2.24, 2.45) is 5.92 Å². The summed E-state index contributed by atoms with van der Waals surface area (Å²) in [4.78, 5) is 0. The molecule has 0 spiro atoms. The molecule has 1 fully saturated rings. The molecule has 0 aromatic carbocycles. The Balaban J connectivity index is 2.11. The first-order chi connectivity index (χ1) is 8.88. The third kappa shape index (κ3) is 7.04. The first-order valence-electron chi connectivity index (χ1n) is 8.19. The van der Waals surface area contributed by atoms with Crippen LogP contribution in [0.4, 0.5) is 0 Å². The normalized spacial score (nSPS) is 21.3. The molecule has 2 unspecified atom stereocenters. The van der Waals surface area contributed by atoms with Crippen molar-refractivity contribution in [1.29, 1.82) is 0 Å². The molecule has 0 bridgehead atoms.